The number of hydrogen-bond donors (Lipinski definition) is 1. The third-order valence-corrected chi connectivity index (χ3v) is 3.75. The summed E-state index contributed by atoms with van der Waals surface area (Å²) in [5.74, 6) is 0.275. The van der Waals surface area contributed by atoms with Crippen LogP contribution in [-0.4, -0.2) is 4.20 Å². The lowest BCUT2D eigenvalue weighted by Crippen LogP contribution is -2.34. The second-order valence-electron chi connectivity index (χ2n) is 4.74. The maximum Gasteiger partial charge on any atom is 0.0878 e. The molecule has 1 aliphatic carbocycles. The van der Waals surface area contributed by atoms with Crippen LogP contribution in [0.15, 0.2) is 23.3 Å². The lowest BCUT2D eigenvalue weighted by Gasteiger charge is -2.37. The SMILES string of the molecule is CC1=C(C(C)C)C(C)(C#N)C(C(=S)S)C=C1. The molecule has 2 atom stereocenters. The third-order valence-electron chi connectivity index (χ3n) is 3.22. The van der Waals surface area contributed by atoms with Crippen LogP contribution in [0.4, 0.5) is 0 Å². The average molecular weight is 251 g/mol. The largest absolute Gasteiger partial charge is 0.197 e. The molecule has 0 heterocycles. The average Bonchev–Trinajstić information content (AvgIpc) is 2.16. The molecule has 1 nitrogen and oxygen atoms in total. The summed E-state index contributed by atoms with van der Waals surface area (Å²) >= 11 is 9.40. The van der Waals surface area contributed by atoms with Gasteiger partial charge in [0.05, 0.1) is 15.7 Å². The first-order chi connectivity index (χ1) is 7.34. The number of rotatable bonds is 2. The Kier molecular flexibility index (Phi) is 3.98. The Balaban J connectivity index is 3.38. The molecule has 0 N–H and O–H groups in total. The smallest absolute Gasteiger partial charge is 0.0878 e. The molecular weight excluding hydrogens is 234 g/mol. The van der Waals surface area contributed by atoms with Crippen LogP contribution in [-0.2, 0) is 0 Å². The van der Waals surface area contributed by atoms with E-state index in [1.54, 1.807) is 0 Å². The van der Waals surface area contributed by atoms with E-state index in [2.05, 4.69) is 45.5 Å². The summed E-state index contributed by atoms with van der Waals surface area (Å²) in [6.07, 6.45) is 4.06. The van der Waals surface area contributed by atoms with Crippen LogP contribution in [0, 0.1) is 28.6 Å². The maximum atomic E-state index is 9.50. The van der Waals surface area contributed by atoms with E-state index in [1.807, 2.05) is 13.0 Å². The van der Waals surface area contributed by atoms with Crippen molar-refractivity contribution in [3.63, 3.8) is 0 Å². The minimum Gasteiger partial charge on any atom is -0.197 e. The van der Waals surface area contributed by atoms with E-state index in [-0.39, 0.29) is 5.92 Å². The molecule has 0 radical (unpaired) electrons. The number of nitrogens with zero attached hydrogens (tertiary/aromatic N) is 1. The molecule has 2 unspecified atom stereocenters. The zero-order valence-corrected chi connectivity index (χ0v) is 11.8. The lowest BCUT2D eigenvalue weighted by molar-refractivity contribution is 0.418. The number of thiocarbonyl (C=S) groups is 1. The Morgan fingerprint density at radius 3 is 2.56 bits per heavy atom. The van der Waals surface area contributed by atoms with Crippen molar-refractivity contribution in [3.8, 4) is 6.07 Å². The van der Waals surface area contributed by atoms with Gasteiger partial charge in [0.2, 0.25) is 0 Å². The molecule has 1 aliphatic rings. The second kappa shape index (κ2) is 4.73. The van der Waals surface area contributed by atoms with Gasteiger partial charge < -0.3 is 0 Å². The Labute approximate surface area is 109 Å². The van der Waals surface area contributed by atoms with Crippen LogP contribution in [0.1, 0.15) is 27.7 Å². The van der Waals surface area contributed by atoms with Crippen LogP contribution in [0.5, 0.6) is 0 Å². The Morgan fingerprint density at radius 1 is 1.62 bits per heavy atom. The van der Waals surface area contributed by atoms with E-state index in [9.17, 15) is 5.26 Å². The summed E-state index contributed by atoms with van der Waals surface area (Å²) in [7, 11) is 0. The van der Waals surface area contributed by atoms with E-state index in [0.717, 1.165) is 0 Å². The number of thiol groups is 1. The molecule has 0 saturated heterocycles. The molecule has 1 rings (SSSR count). The Hall–Kier alpha value is -0.590. The van der Waals surface area contributed by atoms with Crippen molar-refractivity contribution in [3.05, 3.63) is 23.3 Å². The summed E-state index contributed by atoms with van der Waals surface area (Å²) in [5.41, 5.74) is 1.81. The van der Waals surface area contributed by atoms with Crippen LogP contribution in [0.3, 0.4) is 0 Å². The van der Waals surface area contributed by atoms with E-state index < -0.39 is 5.41 Å². The van der Waals surface area contributed by atoms with E-state index in [0.29, 0.717) is 10.1 Å². The van der Waals surface area contributed by atoms with Gasteiger partial charge in [0, 0.05) is 5.92 Å². The predicted molar refractivity (Wildman–Crippen MR) is 75.5 cm³/mol. The topological polar surface area (TPSA) is 23.8 Å². The van der Waals surface area contributed by atoms with Crippen LogP contribution < -0.4 is 0 Å². The number of nitriles is 1. The molecule has 3 heteroatoms. The standard InChI is InChI=1S/C13H17NS2/c1-8(2)11-9(3)5-6-10(12(15)16)13(11,4)7-14/h5-6,8,10H,1-4H3,(H,15,16). The van der Waals surface area contributed by atoms with Gasteiger partial charge in [-0.05, 0) is 25.3 Å². The molecule has 0 aromatic carbocycles. The van der Waals surface area contributed by atoms with Gasteiger partial charge in [-0.15, -0.1) is 12.6 Å². The summed E-state index contributed by atoms with van der Waals surface area (Å²) in [5, 5.41) is 9.50. The van der Waals surface area contributed by atoms with Crippen molar-refractivity contribution in [2.75, 3.05) is 0 Å². The fourth-order valence-electron chi connectivity index (χ4n) is 2.61. The zero-order valence-electron chi connectivity index (χ0n) is 10.1. The summed E-state index contributed by atoms with van der Waals surface area (Å²) < 4.78 is 0.589. The molecule has 0 aliphatic heterocycles. The first-order valence-corrected chi connectivity index (χ1v) is 6.23. The van der Waals surface area contributed by atoms with Gasteiger partial charge in [-0.25, -0.2) is 0 Å². The van der Waals surface area contributed by atoms with Crippen LogP contribution in [0.25, 0.3) is 0 Å². The van der Waals surface area contributed by atoms with Gasteiger partial charge in [-0.3, -0.25) is 0 Å². The minimum absolute atomic E-state index is 0.0723. The molecule has 0 aromatic heterocycles. The Morgan fingerprint density at radius 2 is 2.19 bits per heavy atom. The van der Waals surface area contributed by atoms with E-state index in [1.165, 1.54) is 11.1 Å². The van der Waals surface area contributed by atoms with Crippen molar-refractivity contribution < 1.29 is 0 Å². The Bertz CT molecular complexity index is 412. The molecule has 16 heavy (non-hydrogen) atoms. The molecule has 0 amide bonds. The zero-order chi connectivity index (χ0) is 12.5. The normalized spacial score (nSPS) is 29.4. The van der Waals surface area contributed by atoms with Crippen molar-refractivity contribution in [2.24, 2.45) is 17.3 Å². The highest BCUT2D eigenvalue weighted by Crippen LogP contribution is 2.45. The summed E-state index contributed by atoms with van der Waals surface area (Å²) in [6.45, 7) is 8.25. The molecular formula is C13H17NS2. The van der Waals surface area contributed by atoms with Crippen molar-refractivity contribution in [1.29, 1.82) is 5.26 Å². The molecule has 0 spiro atoms. The van der Waals surface area contributed by atoms with Gasteiger partial charge in [0.1, 0.15) is 0 Å². The first-order valence-electron chi connectivity index (χ1n) is 5.38. The van der Waals surface area contributed by atoms with Crippen molar-refractivity contribution in [2.45, 2.75) is 27.7 Å². The number of hydrogen-bond acceptors (Lipinski definition) is 2. The number of allylic oxidation sites excluding steroid dienone is 4. The van der Waals surface area contributed by atoms with Gasteiger partial charge in [0.15, 0.2) is 0 Å². The molecule has 0 aromatic rings. The highest BCUT2D eigenvalue weighted by Gasteiger charge is 2.41. The monoisotopic (exact) mass is 251 g/mol. The second-order valence-corrected chi connectivity index (χ2v) is 5.96. The van der Waals surface area contributed by atoms with Crippen molar-refractivity contribution >= 4 is 29.0 Å². The van der Waals surface area contributed by atoms with Crippen LogP contribution in [0.2, 0.25) is 0 Å². The van der Waals surface area contributed by atoms with Gasteiger partial charge in [-0.2, -0.15) is 5.26 Å². The molecule has 0 saturated carbocycles. The third kappa shape index (κ3) is 2.09. The minimum atomic E-state index is -0.550. The fourth-order valence-corrected chi connectivity index (χ4v) is 3.27. The molecule has 0 bridgehead atoms. The highest BCUT2D eigenvalue weighted by molar-refractivity contribution is 8.11. The lowest BCUT2D eigenvalue weighted by atomic mass is 9.65. The summed E-state index contributed by atoms with van der Waals surface area (Å²) in [4.78, 5) is 0. The quantitative estimate of drug-likeness (QED) is 0.594. The van der Waals surface area contributed by atoms with E-state index in [4.69, 9.17) is 12.2 Å². The first kappa shape index (κ1) is 13.5. The summed E-state index contributed by atoms with van der Waals surface area (Å²) in [6, 6.07) is 2.43. The van der Waals surface area contributed by atoms with Crippen LogP contribution >= 0.6 is 24.8 Å². The maximum absolute atomic E-state index is 9.50. The van der Waals surface area contributed by atoms with Gasteiger partial charge >= 0.3 is 0 Å². The van der Waals surface area contributed by atoms with Crippen molar-refractivity contribution in [1.82, 2.24) is 0 Å². The predicted octanol–water partition coefficient (Wildman–Crippen LogP) is 3.93. The van der Waals surface area contributed by atoms with Gasteiger partial charge in [-0.1, -0.05) is 43.8 Å². The van der Waals surface area contributed by atoms with E-state index >= 15 is 0 Å². The fraction of sp³-hybridized carbons (Fsp3) is 0.538. The molecule has 0 fully saturated rings. The highest BCUT2D eigenvalue weighted by atomic mass is 32.1. The van der Waals surface area contributed by atoms with Gasteiger partial charge in [0.25, 0.3) is 0 Å². The molecule has 86 valence electrons.